The van der Waals surface area contributed by atoms with Crippen LogP contribution < -0.4 is 21.1 Å². The average molecular weight is 278 g/mol. The summed E-state index contributed by atoms with van der Waals surface area (Å²) in [6, 6.07) is 2.88. The van der Waals surface area contributed by atoms with Gasteiger partial charge in [-0.15, -0.1) is 0 Å². The van der Waals surface area contributed by atoms with Gasteiger partial charge in [-0.1, -0.05) is 6.92 Å². The summed E-state index contributed by atoms with van der Waals surface area (Å²) in [5.74, 6) is 0.269. The number of pyridine rings is 1. The van der Waals surface area contributed by atoms with E-state index >= 15 is 0 Å². The van der Waals surface area contributed by atoms with E-state index in [9.17, 15) is 9.59 Å². The number of nitrogens with zero attached hydrogens (tertiary/aromatic N) is 1. The molecule has 1 aromatic heterocycles. The Morgan fingerprint density at radius 3 is 3.00 bits per heavy atom. The van der Waals surface area contributed by atoms with Gasteiger partial charge in [-0.25, -0.2) is 0 Å². The predicted octanol–water partition coefficient (Wildman–Crippen LogP) is 0.670. The molecule has 0 saturated carbocycles. The van der Waals surface area contributed by atoms with Crippen molar-refractivity contribution in [3.05, 3.63) is 12.1 Å². The van der Waals surface area contributed by atoms with E-state index in [2.05, 4.69) is 15.6 Å². The number of piperidine rings is 1. The molecule has 0 spiro atoms. The van der Waals surface area contributed by atoms with Gasteiger partial charge in [-0.05, 0) is 25.0 Å². The van der Waals surface area contributed by atoms with Gasteiger partial charge in [0.25, 0.3) is 0 Å². The van der Waals surface area contributed by atoms with E-state index < -0.39 is 6.04 Å². The summed E-state index contributed by atoms with van der Waals surface area (Å²) in [5, 5.41) is 5.27. The maximum Gasteiger partial charge on any atom is 0.249 e. The molecular formula is C13H18N4O3. The Balaban J connectivity index is 2.05. The van der Waals surface area contributed by atoms with Crippen molar-refractivity contribution < 1.29 is 14.3 Å². The summed E-state index contributed by atoms with van der Waals surface area (Å²) >= 11 is 0. The normalized spacial score (nSPS) is 18.6. The molecule has 0 aromatic carbocycles. The van der Waals surface area contributed by atoms with Gasteiger partial charge < -0.3 is 15.8 Å². The van der Waals surface area contributed by atoms with Crippen LogP contribution in [0.15, 0.2) is 12.1 Å². The van der Waals surface area contributed by atoms with Crippen LogP contribution in [0.4, 0.5) is 11.5 Å². The molecule has 2 rings (SSSR count). The van der Waals surface area contributed by atoms with Gasteiger partial charge in [0.2, 0.25) is 17.7 Å². The molecule has 0 aliphatic carbocycles. The van der Waals surface area contributed by atoms with Crippen molar-refractivity contribution in [2.45, 2.75) is 32.2 Å². The average Bonchev–Trinajstić information content (AvgIpc) is 2.42. The van der Waals surface area contributed by atoms with Crippen molar-refractivity contribution in [1.82, 2.24) is 10.3 Å². The maximum atomic E-state index is 11.7. The summed E-state index contributed by atoms with van der Waals surface area (Å²) < 4.78 is 5.43. The molecule has 7 nitrogen and oxygen atoms in total. The van der Waals surface area contributed by atoms with Gasteiger partial charge in [0, 0.05) is 6.42 Å². The molecule has 2 heterocycles. The quantitative estimate of drug-likeness (QED) is 0.683. The van der Waals surface area contributed by atoms with Gasteiger partial charge in [0.05, 0.1) is 12.3 Å². The van der Waals surface area contributed by atoms with Crippen molar-refractivity contribution in [2.24, 2.45) is 0 Å². The lowest BCUT2D eigenvalue weighted by Crippen LogP contribution is -2.47. The third kappa shape index (κ3) is 3.37. The van der Waals surface area contributed by atoms with Crippen molar-refractivity contribution in [1.29, 1.82) is 0 Å². The number of imide groups is 1. The zero-order valence-corrected chi connectivity index (χ0v) is 11.3. The number of rotatable bonds is 5. The van der Waals surface area contributed by atoms with Crippen LogP contribution in [-0.4, -0.2) is 29.4 Å². The first-order valence-corrected chi connectivity index (χ1v) is 6.59. The van der Waals surface area contributed by atoms with Crippen molar-refractivity contribution in [3.8, 4) is 5.88 Å². The highest BCUT2D eigenvalue weighted by Gasteiger charge is 2.26. The minimum Gasteiger partial charge on any atom is -0.476 e. The number of anilines is 2. The van der Waals surface area contributed by atoms with Crippen LogP contribution in [0.25, 0.3) is 0 Å². The van der Waals surface area contributed by atoms with Crippen LogP contribution in [0, 0.1) is 0 Å². The fourth-order valence-electron chi connectivity index (χ4n) is 1.86. The first-order chi connectivity index (χ1) is 9.60. The number of aromatic nitrogens is 1. The zero-order chi connectivity index (χ0) is 14.5. The van der Waals surface area contributed by atoms with E-state index in [4.69, 9.17) is 10.5 Å². The summed E-state index contributed by atoms with van der Waals surface area (Å²) in [7, 11) is 0. The number of carbonyl (C=O) groups is 2. The van der Waals surface area contributed by atoms with E-state index in [0.717, 1.165) is 6.42 Å². The van der Waals surface area contributed by atoms with Gasteiger partial charge in [0.15, 0.2) is 0 Å². The summed E-state index contributed by atoms with van der Waals surface area (Å²) in [5.41, 5.74) is 6.22. The third-order valence-corrected chi connectivity index (χ3v) is 2.89. The van der Waals surface area contributed by atoms with Crippen molar-refractivity contribution in [3.63, 3.8) is 0 Å². The lowest BCUT2D eigenvalue weighted by Gasteiger charge is -2.22. The minimum absolute atomic E-state index is 0.245. The Morgan fingerprint density at radius 2 is 2.30 bits per heavy atom. The fourth-order valence-corrected chi connectivity index (χ4v) is 1.86. The third-order valence-electron chi connectivity index (χ3n) is 2.89. The molecule has 0 radical (unpaired) electrons. The Morgan fingerprint density at radius 1 is 1.50 bits per heavy atom. The van der Waals surface area contributed by atoms with E-state index in [1.807, 2.05) is 6.92 Å². The molecule has 0 bridgehead atoms. The molecule has 20 heavy (non-hydrogen) atoms. The number of nitrogens with two attached hydrogens (primary N) is 1. The molecular weight excluding hydrogens is 260 g/mol. The molecule has 1 atom stereocenters. The largest absolute Gasteiger partial charge is 0.476 e. The lowest BCUT2D eigenvalue weighted by atomic mass is 10.1. The van der Waals surface area contributed by atoms with Crippen LogP contribution in [-0.2, 0) is 9.59 Å². The Bertz CT molecular complexity index is 518. The number of carbonyl (C=O) groups excluding carboxylic acids is 2. The molecule has 1 aliphatic rings. The molecule has 2 amide bonds. The first-order valence-electron chi connectivity index (χ1n) is 6.59. The van der Waals surface area contributed by atoms with E-state index in [1.54, 1.807) is 12.1 Å². The number of hydrogen-bond donors (Lipinski definition) is 3. The highest BCUT2D eigenvalue weighted by Crippen LogP contribution is 2.22. The zero-order valence-electron chi connectivity index (χ0n) is 11.3. The monoisotopic (exact) mass is 278 g/mol. The smallest absolute Gasteiger partial charge is 0.249 e. The minimum atomic E-state index is -0.470. The van der Waals surface area contributed by atoms with Gasteiger partial charge >= 0.3 is 0 Å². The Labute approximate surface area is 116 Å². The van der Waals surface area contributed by atoms with Gasteiger partial charge in [-0.2, -0.15) is 4.98 Å². The number of nitrogens with one attached hydrogen (secondary N) is 2. The molecule has 1 aliphatic heterocycles. The highest BCUT2D eigenvalue weighted by molar-refractivity contribution is 6.01. The summed E-state index contributed by atoms with van der Waals surface area (Å²) in [6.07, 6.45) is 1.62. The van der Waals surface area contributed by atoms with Crippen molar-refractivity contribution >= 4 is 23.3 Å². The lowest BCUT2D eigenvalue weighted by molar-refractivity contribution is -0.133. The van der Waals surface area contributed by atoms with E-state index in [1.165, 1.54) is 0 Å². The van der Waals surface area contributed by atoms with Crippen LogP contribution in [0.2, 0.25) is 0 Å². The maximum absolute atomic E-state index is 11.7. The van der Waals surface area contributed by atoms with Crippen LogP contribution in [0.5, 0.6) is 5.88 Å². The second-order valence-electron chi connectivity index (χ2n) is 4.59. The number of hydrogen-bond acceptors (Lipinski definition) is 6. The Hall–Kier alpha value is -2.31. The van der Waals surface area contributed by atoms with Crippen LogP contribution >= 0.6 is 0 Å². The van der Waals surface area contributed by atoms with E-state index in [-0.39, 0.29) is 11.8 Å². The molecule has 108 valence electrons. The van der Waals surface area contributed by atoms with E-state index in [0.29, 0.717) is 36.8 Å². The number of ether oxygens (including phenoxy) is 1. The Kier molecular flexibility index (Phi) is 4.39. The predicted molar refractivity (Wildman–Crippen MR) is 74.2 cm³/mol. The van der Waals surface area contributed by atoms with Gasteiger partial charge in [0.1, 0.15) is 11.9 Å². The number of nitrogen functional groups attached to an aromatic ring is 1. The number of amides is 2. The standard InChI is InChI=1S/C13H18N4O3/c1-2-7-20-13-8(14)3-5-10(16-13)15-9-4-6-11(18)17-12(9)19/h3,5,9H,2,4,6-7,14H2,1H3,(H,15,16)(H,17,18,19). The molecule has 1 saturated heterocycles. The first kappa shape index (κ1) is 14.1. The van der Waals surface area contributed by atoms with Gasteiger partial charge in [-0.3, -0.25) is 14.9 Å². The summed E-state index contributed by atoms with van der Waals surface area (Å²) in [4.78, 5) is 27.0. The topological polar surface area (TPSA) is 106 Å². The molecule has 1 aromatic rings. The second kappa shape index (κ2) is 6.23. The van der Waals surface area contributed by atoms with Crippen LogP contribution in [0.1, 0.15) is 26.2 Å². The molecule has 4 N–H and O–H groups in total. The SMILES string of the molecule is CCCOc1nc(NC2CCC(=O)NC2=O)ccc1N. The second-order valence-corrected chi connectivity index (χ2v) is 4.59. The molecule has 1 fully saturated rings. The molecule has 7 heteroatoms. The fraction of sp³-hybridized carbons (Fsp3) is 0.462. The molecule has 1 unspecified atom stereocenters. The van der Waals surface area contributed by atoms with Crippen molar-refractivity contribution in [2.75, 3.05) is 17.7 Å². The highest BCUT2D eigenvalue weighted by atomic mass is 16.5. The van der Waals surface area contributed by atoms with Crippen LogP contribution in [0.3, 0.4) is 0 Å². The summed E-state index contributed by atoms with van der Waals surface area (Å²) in [6.45, 7) is 2.51.